The predicted octanol–water partition coefficient (Wildman–Crippen LogP) is 2.58. The lowest BCUT2D eigenvalue weighted by atomic mass is 9.83. The molecular weight excluding hydrogens is 242 g/mol. The van der Waals surface area contributed by atoms with Crippen molar-refractivity contribution in [2.75, 3.05) is 24.6 Å². The smallest absolute Gasteiger partial charge is 0.142 e. The van der Waals surface area contributed by atoms with Crippen molar-refractivity contribution in [3.05, 3.63) is 35.9 Å². The number of thioether (sulfide) groups is 1. The fourth-order valence-corrected chi connectivity index (χ4v) is 4.32. The Bertz CT molecular complexity index is 433. The lowest BCUT2D eigenvalue weighted by Gasteiger charge is -2.31. The molecule has 1 unspecified atom stereocenters. The molecule has 0 amide bonds. The zero-order valence-corrected chi connectivity index (χ0v) is 11.4. The van der Waals surface area contributed by atoms with E-state index in [9.17, 15) is 4.79 Å². The first-order chi connectivity index (χ1) is 8.78. The zero-order chi connectivity index (χ0) is 12.4. The highest BCUT2D eigenvalue weighted by atomic mass is 32.2. The maximum atomic E-state index is 12.2. The van der Waals surface area contributed by atoms with Gasteiger partial charge in [0.1, 0.15) is 5.78 Å². The number of carbonyl (C=O) groups is 1. The topological polar surface area (TPSA) is 20.3 Å². The van der Waals surface area contributed by atoms with Gasteiger partial charge in [-0.3, -0.25) is 9.69 Å². The summed E-state index contributed by atoms with van der Waals surface area (Å²) in [6.07, 6.45) is 1.84. The quantitative estimate of drug-likeness (QED) is 0.816. The van der Waals surface area contributed by atoms with E-state index in [2.05, 4.69) is 35.2 Å². The number of carbonyl (C=O) groups excluding carboxylic acids is 1. The number of likely N-dealkylation sites (tertiary alicyclic amines) is 1. The Balaban J connectivity index is 1.66. The van der Waals surface area contributed by atoms with E-state index in [4.69, 9.17) is 0 Å². The molecule has 1 spiro atoms. The molecule has 96 valence electrons. The van der Waals surface area contributed by atoms with E-state index in [1.54, 1.807) is 0 Å². The van der Waals surface area contributed by atoms with Gasteiger partial charge in [0.2, 0.25) is 0 Å². The Labute approximate surface area is 113 Å². The normalized spacial score (nSPS) is 29.0. The van der Waals surface area contributed by atoms with Crippen LogP contribution >= 0.6 is 11.8 Å². The summed E-state index contributed by atoms with van der Waals surface area (Å²) in [6.45, 7) is 3.02. The van der Waals surface area contributed by atoms with Crippen molar-refractivity contribution >= 4 is 17.5 Å². The highest BCUT2D eigenvalue weighted by molar-refractivity contribution is 7.99. The molecule has 3 heteroatoms. The van der Waals surface area contributed by atoms with Crippen LogP contribution in [0.4, 0.5) is 0 Å². The molecule has 1 aromatic carbocycles. The molecule has 2 saturated heterocycles. The molecule has 0 aromatic heterocycles. The third-order valence-electron chi connectivity index (χ3n) is 4.13. The zero-order valence-electron chi connectivity index (χ0n) is 10.6. The van der Waals surface area contributed by atoms with Gasteiger partial charge in [-0.25, -0.2) is 0 Å². The monoisotopic (exact) mass is 261 g/mol. The lowest BCUT2D eigenvalue weighted by molar-refractivity contribution is -0.127. The minimum Gasteiger partial charge on any atom is -0.299 e. The highest BCUT2D eigenvalue weighted by Gasteiger charge is 2.45. The summed E-state index contributed by atoms with van der Waals surface area (Å²) < 4.78 is 0. The highest BCUT2D eigenvalue weighted by Crippen LogP contribution is 2.39. The summed E-state index contributed by atoms with van der Waals surface area (Å²) in [6, 6.07) is 10.6. The number of nitrogens with zero attached hydrogens (tertiary/aromatic N) is 1. The van der Waals surface area contributed by atoms with E-state index in [1.165, 1.54) is 5.56 Å². The second kappa shape index (κ2) is 5.06. The van der Waals surface area contributed by atoms with Gasteiger partial charge in [0.05, 0.1) is 5.41 Å². The van der Waals surface area contributed by atoms with Gasteiger partial charge in [0.15, 0.2) is 0 Å². The lowest BCUT2D eigenvalue weighted by Crippen LogP contribution is -2.39. The van der Waals surface area contributed by atoms with Crippen molar-refractivity contribution in [2.45, 2.75) is 19.4 Å². The molecule has 2 heterocycles. The second-order valence-electron chi connectivity index (χ2n) is 5.45. The minimum absolute atomic E-state index is 0.0162. The Kier molecular flexibility index (Phi) is 3.44. The first kappa shape index (κ1) is 12.2. The van der Waals surface area contributed by atoms with Gasteiger partial charge in [-0.1, -0.05) is 30.3 Å². The molecule has 0 radical (unpaired) electrons. The number of hydrogen-bond acceptors (Lipinski definition) is 3. The Hall–Kier alpha value is -0.800. The van der Waals surface area contributed by atoms with Crippen LogP contribution in [-0.2, 0) is 11.3 Å². The van der Waals surface area contributed by atoms with E-state index in [-0.39, 0.29) is 5.41 Å². The van der Waals surface area contributed by atoms with Crippen LogP contribution in [0.25, 0.3) is 0 Å². The van der Waals surface area contributed by atoms with Crippen molar-refractivity contribution in [1.82, 2.24) is 4.90 Å². The number of Topliss-reactive ketones (excluding diaryl/α,β-unsaturated/α-hetero) is 1. The number of benzene rings is 1. The molecule has 18 heavy (non-hydrogen) atoms. The average molecular weight is 261 g/mol. The Morgan fingerprint density at radius 2 is 2.11 bits per heavy atom. The largest absolute Gasteiger partial charge is 0.299 e. The van der Waals surface area contributed by atoms with Gasteiger partial charge in [0, 0.05) is 31.0 Å². The van der Waals surface area contributed by atoms with Crippen molar-refractivity contribution in [2.24, 2.45) is 5.41 Å². The van der Waals surface area contributed by atoms with Gasteiger partial charge < -0.3 is 0 Å². The van der Waals surface area contributed by atoms with Crippen molar-refractivity contribution < 1.29 is 4.79 Å². The molecular formula is C15H19NOS. The van der Waals surface area contributed by atoms with Crippen LogP contribution in [-0.4, -0.2) is 35.3 Å². The van der Waals surface area contributed by atoms with E-state index in [0.717, 1.165) is 44.0 Å². The third kappa shape index (κ3) is 2.34. The van der Waals surface area contributed by atoms with E-state index < -0.39 is 0 Å². The number of rotatable bonds is 2. The third-order valence-corrected chi connectivity index (χ3v) is 5.37. The summed E-state index contributed by atoms with van der Waals surface area (Å²) in [5, 5.41) is 0. The summed E-state index contributed by atoms with van der Waals surface area (Å²) in [7, 11) is 0. The molecule has 0 bridgehead atoms. The molecule has 1 aromatic rings. The molecule has 2 fully saturated rings. The molecule has 1 atom stereocenters. The number of hydrogen-bond donors (Lipinski definition) is 0. The molecule has 0 aliphatic carbocycles. The molecule has 2 aliphatic rings. The van der Waals surface area contributed by atoms with Gasteiger partial charge in [-0.2, -0.15) is 11.8 Å². The summed E-state index contributed by atoms with van der Waals surface area (Å²) >= 11 is 1.96. The number of ketones is 1. The maximum absolute atomic E-state index is 12.2. The predicted molar refractivity (Wildman–Crippen MR) is 75.7 cm³/mol. The Morgan fingerprint density at radius 3 is 2.89 bits per heavy atom. The SMILES string of the molecule is O=C1CCSCC12CCN(Cc1ccccc1)C2. The standard InChI is InChI=1S/C15H19NOS/c17-14-6-9-18-12-15(14)7-8-16(11-15)10-13-4-2-1-3-5-13/h1-5H,6-12H2. The fraction of sp³-hybridized carbons (Fsp3) is 0.533. The van der Waals surface area contributed by atoms with Gasteiger partial charge in [-0.05, 0) is 18.5 Å². The first-order valence-electron chi connectivity index (χ1n) is 6.66. The van der Waals surface area contributed by atoms with Crippen molar-refractivity contribution in [3.63, 3.8) is 0 Å². The second-order valence-corrected chi connectivity index (χ2v) is 6.56. The molecule has 3 rings (SSSR count). The van der Waals surface area contributed by atoms with Gasteiger partial charge in [0.25, 0.3) is 0 Å². The van der Waals surface area contributed by atoms with Crippen LogP contribution in [0.15, 0.2) is 30.3 Å². The first-order valence-corrected chi connectivity index (χ1v) is 7.81. The van der Waals surface area contributed by atoms with Crippen LogP contribution in [0.5, 0.6) is 0 Å². The van der Waals surface area contributed by atoms with E-state index in [0.29, 0.717) is 5.78 Å². The summed E-state index contributed by atoms with van der Waals surface area (Å²) in [4.78, 5) is 14.6. The van der Waals surface area contributed by atoms with E-state index in [1.807, 2.05) is 11.8 Å². The Morgan fingerprint density at radius 1 is 1.28 bits per heavy atom. The van der Waals surface area contributed by atoms with Crippen molar-refractivity contribution in [3.8, 4) is 0 Å². The van der Waals surface area contributed by atoms with Crippen LogP contribution < -0.4 is 0 Å². The molecule has 2 nitrogen and oxygen atoms in total. The van der Waals surface area contributed by atoms with Gasteiger partial charge >= 0.3 is 0 Å². The molecule has 2 aliphatic heterocycles. The fourth-order valence-electron chi connectivity index (χ4n) is 3.06. The summed E-state index contributed by atoms with van der Waals surface area (Å²) in [5.74, 6) is 2.58. The molecule has 0 saturated carbocycles. The average Bonchev–Trinajstić information content (AvgIpc) is 2.79. The molecule has 0 N–H and O–H groups in total. The minimum atomic E-state index is -0.0162. The van der Waals surface area contributed by atoms with Crippen LogP contribution in [0.3, 0.4) is 0 Å². The van der Waals surface area contributed by atoms with Crippen LogP contribution in [0, 0.1) is 5.41 Å². The van der Waals surface area contributed by atoms with Crippen molar-refractivity contribution in [1.29, 1.82) is 0 Å². The maximum Gasteiger partial charge on any atom is 0.142 e. The van der Waals surface area contributed by atoms with Crippen LogP contribution in [0.1, 0.15) is 18.4 Å². The van der Waals surface area contributed by atoms with Gasteiger partial charge in [-0.15, -0.1) is 0 Å². The van der Waals surface area contributed by atoms with E-state index >= 15 is 0 Å². The van der Waals surface area contributed by atoms with Crippen LogP contribution in [0.2, 0.25) is 0 Å². The summed E-state index contributed by atoms with van der Waals surface area (Å²) in [5.41, 5.74) is 1.34.